The van der Waals surface area contributed by atoms with E-state index < -0.39 is 17.7 Å². The first-order chi connectivity index (χ1) is 9.65. The molecular formula is C15H23NO4S. The maximum atomic E-state index is 12.3. The smallest absolute Gasteiger partial charge is 0.412 e. The average Bonchev–Trinajstić information content (AvgIpc) is 2.60. The summed E-state index contributed by atoms with van der Waals surface area (Å²) in [5.41, 5.74) is 0.639. The highest BCUT2D eigenvalue weighted by Crippen LogP contribution is 2.33. The lowest BCUT2D eigenvalue weighted by atomic mass is 10.1. The third-order valence-corrected chi connectivity index (χ3v) is 3.76. The maximum absolute atomic E-state index is 12.3. The van der Waals surface area contributed by atoms with Crippen LogP contribution in [0.2, 0.25) is 0 Å². The van der Waals surface area contributed by atoms with Gasteiger partial charge >= 0.3 is 12.1 Å². The second-order valence-corrected chi connectivity index (χ2v) is 6.97. The van der Waals surface area contributed by atoms with Crippen LogP contribution in [0.4, 0.5) is 9.80 Å². The predicted octanol–water partition coefficient (Wildman–Crippen LogP) is 4.28. The molecule has 1 aromatic rings. The van der Waals surface area contributed by atoms with Crippen molar-refractivity contribution in [2.45, 2.75) is 53.6 Å². The fraction of sp³-hybridized carbons (Fsp3) is 0.600. The number of anilines is 1. The van der Waals surface area contributed by atoms with Gasteiger partial charge in [-0.2, -0.15) is 0 Å². The summed E-state index contributed by atoms with van der Waals surface area (Å²) in [4.78, 5) is 24.9. The Morgan fingerprint density at radius 1 is 1.24 bits per heavy atom. The molecule has 0 bridgehead atoms. The van der Waals surface area contributed by atoms with E-state index in [1.165, 1.54) is 11.3 Å². The number of rotatable bonds is 4. The standard InChI is InChI=1S/C15H23NO4S/c1-7-8-19-14(18)16-12-11(9(2)10(3)21-12)13(17)20-15(4,5)6/h7-8H2,1-6H3,(H,16,18). The number of hydrogen-bond donors (Lipinski definition) is 1. The van der Waals surface area contributed by atoms with Gasteiger partial charge in [-0.05, 0) is 46.6 Å². The summed E-state index contributed by atoms with van der Waals surface area (Å²) in [7, 11) is 0. The molecule has 0 unspecified atom stereocenters. The number of ether oxygens (including phenoxy) is 2. The van der Waals surface area contributed by atoms with Gasteiger partial charge in [0.05, 0.1) is 12.2 Å². The Labute approximate surface area is 129 Å². The molecule has 0 aliphatic heterocycles. The molecule has 1 rings (SSSR count). The van der Waals surface area contributed by atoms with Crippen molar-refractivity contribution in [3.8, 4) is 0 Å². The SMILES string of the molecule is CCCOC(=O)Nc1sc(C)c(C)c1C(=O)OC(C)(C)C. The number of carbonyl (C=O) groups excluding carboxylic acids is 2. The van der Waals surface area contributed by atoms with Gasteiger partial charge in [-0.1, -0.05) is 6.92 Å². The van der Waals surface area contributed by atoms with Crippen LogP contribution in [-0.2, 0) is 9.47 Å². The highest BCUT2D eigenvalue weighted by molar-refractivity contribution is 7.16. The van der Waals surface area contributed by atoms with Crippen LogP contribution in [0.1, 0.15) is 54.9 Å². The summed E-state index contributed by atoms with van der Waals surface area (Å²) >= 11 is 1.34. The lowest BCUT2D eigenvalue weighted by molar-refractivity contribution is 0.00705. The van der Waals surface area contributed by atoms with E-state index in [-0.39, 0.29) is 0 Å². The number of aryl methyl sites for hydroxylation is 1. The lowest BCUT2D eigenvalue weighted by Gasteiger charge is -2.20. The van der Waals surface area contributed by atoms with E-state index >= 15 is 0 Å². The molecule has 0 aliphatic rings. The first-order valence-electron chi connectivity index (χ1n) is 6.92. The van der Waals surface area contributed by atoms with E-state index in [4.69, 9.17) is 9.47 Å². The summed E-state index contributed by atoms with van der Waals surface area (Å²) < 4.78 is 10.4. The van der Waals surface area contributed by atoms with Crippen LogP contribution in [0.3, 0.4) is 0 Å². The minimum Gasteiger partial charge on any atom is -0.456 e. The number of carbonyl (C=O) groups is 2. The molecular weight excluding hydrogens is 290 g/mol. The fourth-order valence-electron chi connectivity index (χ4n) is 1.61. The first kappa shape index (κ1) is 17.5. The lowest BCUT2D eigenvalue weighted by Crippen LogP contribution is -2.25. The van der Waals surface area contributed by atoms with E-state index in [0.717, 1.165) is 16.9 Å². The second kappa shape index (κ2) is 6.93. The van der Waals surface area contributed by atoms with Crippen molar-refractivity contribution in [3.05, 3.63) is 16.0 Å². The third kappa shape index (κ3) is 5.04. The van der Waals surface area contributed by atoms with Crippen molar-refractivity contribution in [2.24, 2.45) is 0 Å². The van der Waals surface area contributed by atoms with Crippen molar-refractivity contribution >= 4 is 28.4 Å². The Morgan fingerprint density at radius 3 is 2.38 bits per heavy atom. The molecule has 0 radical (unpaired) electrons. The normalized spacial score (nSPS) is 11.1. The van der Waals surface area contributed by atoms with Crippen LogP contribution in [-0.4, -0.2) is 24.3 Å². The van der Waals surface area contributed by atoms with E-state index in [2.05, 4.69) is 5.32 Å². The van der Waals surface area contributed by atoms with Gasteiger partial charge in [0, 0.05) is 4.88 Å². The molecule has 21 heavy (non-hydrogen) atoms. The molecule has 1 heterocycles. The highest BCUT2D eigenvalue weighted by Gasteiger charge is 2.26. The average molecular weight is 313 g/mol. The molecule has 0 spiro atoms. The van der Waals surface area contributed by atoms with Crippen molar-refractivity contribution in [3.63, 3.8) is 0 Å². The number of amides is 1. The van der Waals surface area contributed by atoms with Gasteiger partial charge in [0.1, 0.15) is 10.6 Å². The summed E-state index contributed by atoms with van der Waals surface area (Å²) in [6.45, 7) is 11.4. The van der Waals surface area contributed by atoms with E-state index in [9.17, 15) is 9.59 Å². The van der Waals surface area contributed by atoms with Crippen LogP contribution < -0.4 is 5.32 Å². The Bertz CT molecular complexity index is 529. The molecule has 0 saturated heterocycles. The number of nitrogens with one attached hydrogen (secondary N) is 1. The summed E-state index contributed by atoms with van der Waals surface area (Å²) in [5.74, 6) is -0.435. The van der Waals surface area contributed by atoms with Crippen molar-refractivity contribution in [1.82, 2.24) is 0 Å². The van der Waals surface area contributed by atoms with Gasteiger partial charge in [0.25, 0.3) is 0 Å². The van der Waals surface area contributed by atoms with E-state index in [1.807, 2.05) is 41.5 Å². The largest absolute Gasteiger partial charge is 0.456 e. The van der Waals surface area contributed by atoms with Gasteiger partial charge < -0.3 is 9.47 Å². The molecule has 118 valence electrons. The van der Waals surface area contributed by atoms with Gasteiger partial charge in [-0.25, -0.2) is 9.59 Å². The maximum Gasteiger partial charge on any atom is 0.412 e. The molecule has 0 saturated carbocycles. The molecule has 0 fully saturated rings. The zero-order chi connectivity index (χ0) is 16.2. The molecule has 1 N–H and O–H groups in total. The topological polar surface area (TPSA) is 64.6 Å². The number of esters is 1. The molecule has 1 aromatic heterocycles. The Balaban J connectivity index is 2.98. The quantitative estimate of drug-likeness (QED) is 0.843. The second-order valence-electron chi connectivity index (χ2n) is 5.75. The van der Waals surface area contributed by atoms with Crippen molar-refractivity contribution in [1.29, 1.82) is 0 Å². The van der Waals surface area contributed by atoms with Crippen LogP contribution >= 0.6 is 11.3 Å². The molecule has 5 nitrogen and oxygen atoms in total. The van der Waals surface area contributed by atoms with Crippen LogP contribution in [0.15, 0.2) is 0 Å². The number of hydrogen-bond acceptors (Lipinski definition) is 5. The monoisotopic (exact) mass is 313 g/mol. The minimum absolute atomic E-state index is 0.344. The first-order valence-corrected chi connectivity index (χ1v) is 7.74. The van der Waals surface area contributed by atoms with Crippen molar-refractivity contribution < 1.29 is 19.1 Å². The van der Waals surface area contributed by atoms with Crippen molar-refractivity contribution in [2.75, 3.05) is 11.9 Å². The summed E-state index contributed by atoms with van der Waals surface area (Å²) in [6, 6.07) is 0. The van der Waals surface area contributed by atoms with Gasteiger partial charge in [0.2, 0.25) is 0 Å². The molecule has 0 aromatic carbocycles. The fourth-order valence-corrected chi connectivity index (χ4v) is 2.65. The number of thiophene rings is 1. The van der Waals surface area contributed by atoms with E-state index in [0.29, 0.717) is 17.2 Å². The zero-order valence-electron chi connectivity index (χ0n) is 13.5. The van der Waals surface area contributed by atoms with Crippen LogP contribution in [0.25, 0.3) is 0 Å². The Hall–Kier alpha value is -1.56. The minimum atomic E-state index is -0.584. The van der Waals surface area contributed by atoms with E-state index in [1.54, 1.807) is 0 Å². The van der Waals surface area contributed by atoms with Gasteiger partial charge in [-0.3, -0.25) is 5.32 Å². The van der Waals surface area contributed by atoms with Gasteiger partial charge in [-0.15, -0.1) is 11.3 Å². The molecule has 6 heteroatoms. The Morgan fingerprint density at radius 2 is 1.86 bits per heavy atom. The summed E-state index contributed by atoms with van der Waals surface area (Å²) in [5, 5.41) is 3.10. The van der Waals surface area contributed by atoms with Gasteiger partial charge in [0.15, 0.2) is 0 Å². The predicted molar refractivity (Wildman–Crippen MR) is 84.2 cm³/mol. The summed E-state index contributed by atoms with van der Waals surface area (Å²) in [6.07, 6.45) is 0.192. The molecule has 0 aliphatic carbocycles. The van der Waals surface area contributed by atoms with Crippen LogP contribution in [0.5, 0.6) is 0 Å². The Kier molecular flexibility index (Phi) is 5.78. The zero-order valence-corrected chi connectivity index (χ0v) is 14.3. The molecule has 0 atom stereocenters. The highest BCUT2D eigenvalue weighted by atomic mass is 32.1. The molecule has 1 amide bonds. The third-order valence-electron chi connectivity index (χ3n) is 2.64. The van der Waals surface area contributed by atoms with Crippen LogP contribution in [0, 0.1) is 13.8 Å².